The lowest BCUT2D eigenvalue weighted by Crippen LogP contribution is -2.13. The van der Waals surface area contributed by atoms with Gasteiger partial charge < -0.3 is 14.6 Å². The molecule has 0 aliphatic carbocycles. The van der Waals surface area contributed by atoms with Crippen LogP contribution in [0.4, 0.5) is 5.69 Å². The van der Waals surface area contributed by atoms with Crippen LogP contribution in [0.2, 0.25) is 0 Å². The lowest BCUT2D eigenvalue weighted by Gasteiger charge is -2.10. The van der Waals surface area contributed by atoms with Crippen molar-refractivity contribution in [1.82, 2.24) is 10.1 Å². The minimum absolute atomic E-state index is 0.0252. The molecule has 0 unspecified atom stereocenters. The number of Topliss-reactive ketones (excluding diaryl/α,β-unsaturated/α-hetero) is 1. The lowest BCUT2D eigenvalue weighted by atomic mass is 10.1. The third kappa shape index (κ3) is 4.84. The molecule has 1 N–H and O–H groups in total. The summed E-state index contributed by atoms with van der Waals surface area (Å²) >= 11 is 0. The first-order chi connectivity index (χ1) is 15.1. The standard InChI is InChI=1S/C24H19N3O4/c1-16(28)17-11-13-19(14-12-17)25-24(29)20-9-5-6-10-21(20)30-15-22-26-23(27-31-22)18-7-3-2-4-8-18/h2-14H,15H2,1H3,(H,25,29). The van der Waals surface area contributed by atoms with E-state index in [4.69, 9.17) is 9.26 Å². The van der Waals surface area contributed by atoms with E-state index in [0.717, 1.165) is 5.56 Å². The Morgan fingerprint density at radius 2 is 1.65 bits per heavy atom. The molecular weight excluding hydrogens is 394 g/mol. The zero-order chi connectivity index (χ0) is 21.6. The molecule has 154 valence electrons. The van der Waals surface area contributed by atoms with Crippen molar-refractivity contribution in [3.05, 3.63) is 95.9 Å². The number of nitrogens with one attached hydrogen (secondary N) is 1. The molecule has 31 heavy (non-hydrogen) atoms. The Hall–Kier alpha value is -4.26. The van der Waals surface area contributed by atoms with Crippen LogP contribution < -0.4 is 10.1 Å². The van der Waals surface area contributed by atoms with E-state index < -0.39 is 0 Å². The Labute approximate surface area is 178 Å². The first-order valence-corrected chi connectivity index (χ1v) is 9.62. The third-order valence-electron chi connectivity index (χ3n) is 4.53. The Morgan fingerprint density at radius 3 is 2.39 bits per heavy atom. The van der Waals surface area contributed by atoms with Crippen molar-refractivity contribution >= 4 is 17.4 Å². The van der Waals surface area contributed by atoms with Gasteiger partial charge in [-0.3, -0.25) is 9.59 Å². The van der Waals surface area contributed by atoms with E-state index in [1.165, 1.54) is 6.92 Å². The average molecular weight is 413 g/mol. The quantitative estimate of drug-likeness (QED) is 0.439. The van der Waals surface area contributed by atoms with Crippen LogP contribution in [0.3, 0.4) is 0 Å². The van der Waals surface area contributed by atoms with Crippen LogP contribution in [0, 0.1) is 0 Å². The van der Waals surface area contributed by atoms with Crippen molar-refractivity contribution < 1.29 is 18.8 Å². The molecule has 1 heterocycles. The highest BCUT2D eigenvalue weighted by Gasteiger charge is 2.15. The van der Waals surface area contributed by atoms with Gasteiger partial charge in [-0.25, -0.2) is 0 Å². The smallest absolute Gasteiger partial charge is 0.264 e. The van der Waals surface area contributed by atoms with E-state index in [1.807, 2.05) is 30.3 Å². The predicted octanol–water partition coefficient (Wildman–Crippen LogP) is 4.77. The largest absolute Gasteiger partial charge is 0.483 e. The van der Waals surface area contributed by atoms with Crippen LogP contribution in [-0.4, -0.2) is 21.8 Å². The van der Waals surface area contributed by atoms with Gasteiger partial charge in [-0.1, -0.05) is 47.6 Å². The zero-order valence-electron chi connectivity index (χ0n) is 16.7. The van der Waals surface area contributed by atoms with Crippen LogP contribution >= 0.6 is 0 Å². The molecule has 0 atom stereocenters. The van der Waals surface area contributed by atoms with Gasteiger partial charge in [0.15, 0.2) is 12.4 Å². The van der Waals surface area contributed by atoms with Crippen molar-refractivity contribution in [2.24, 2.45) is 0 Å². The summed E-state index contributed by atoms with van der Waals surface area (Å²) in [6.45, 7) is 1.52. The van der Waals surface area contributed by atoms with Crippen LogP contribution in [0.5, 0.6) is 5.75 Å². The van der Waals surface area contributed by atoms with Gasteiger partial charge in [0.05, 0.1) is 5.56 Å². The highest BCUT2D eigenvalue weighted by Crippen LogP contribution is 2.22. The van der Waals surface area contributed by atoms with Gasteiger partial charge in [-0.15, -0.1) is 0 Å². The molecule has 3 aromatic carbocycles. The Balaban J connectivity index is 1.44. The normalized spacial score (nSPS) is 10.5. The molecule has 1 amide bonds. The van der Waals surface area contributed by atoms with Gasteiger partial charge in [0.1, 0.15) is 5.75 Å². The van der Waals surface area contributed by atoms with E-state index in [-0.39, 0.29) is 18.3 Å². The summed E-state index contributed by atoms with van der Waals surface area (Å²) in [6, 6.07) is 23.1. The maximum absolute atomic E-state index is 12.7. The Morgan fingerprint density at radius 1 is 0.935 bits per heavy atom. The average Bonchev–Trinajstić information content (AvgIpc) is 3.28. The van der Waals surface area contributed by atoms with E-state index in [9.17, 15) is 9.59 Å². The van der Waals surface area contributed by atoms with Crippen molar-refractivity contribution in [3.63, 3.8) is 0 Å². The minimum atomic E-state index is -0.332. The van der Waals surface area contributed by atoms with E-state index in [1.54, 1.807) is 48.5 Å². The minimum Gasteiger partial charge on any atom is -0.483 e. The summed E-state index contributed by atoms with van der Waals surface area (Å²) in [5.41, 5.74) is 2.36. The maximum Gasteiger partial charge on any atom is 0.264 e. The molecule has 7 nitrogen and oxygen atoms in total. The highest BCUT2D eigenvalue weighted by atomic mass is 16.5. The number of rotatable bonds is 7. The number of carbonyl (C=O) groups is 2. The molecule has 4 rings (SSSR count). The van der Waals surface area contributed by atoms with Crippen molar-refractivity contribution in [2.75, 3.05) is 5.32 Å². The summed E-state index contributed by atoms with van der Waals surface area (Å²) in [7, 11) is 0. The van der Waals surface area contributed by atoms with Gasteiger partial charge in [0.25, 0.3) is 11.8 Å². The monoisotopic (exact) mass is 413 g/mol. The molecule has 7 heteroatoms. The summed E-state index contributed by atoms with van der Waals surface area (Å²) < 4.78 is 11.0. The summed E-state index contributed by atoms with van der Waals surface area (Å²) in [6.07, 6.45) is 0. The summed E-state index contributed by atoms with van der Waals surface area (Å²) in [4.78, 5) is 28.5. The number of ketones is 1. The second-order valence-corrected chi connectivity index (χ2v) is 6.75. The van der Waals surface area contributed by atoms with E-state index >= 15 is 0 Å². The number of hydrogen-bond donors (Lipinski definition) is 1. The van der Waals surface area contributed by atoms with Crippen molar-refractivity contribution in [2.45, 2.75) is 13.5 Å². The van der Waals surface area contributed by atoms with Gasteiger partial charge in [-0.2, -0.15) is 4.98 Å². The first-order valence-electron chi connectivity index (χ1n) is 9.62. The number of para-hydroxylation sites is 1. The van der Waals surface area contributed by atoms with Gasteiger partial charge in [-0.05, 0) is 43.3 Å². The molecule has 0 radical (unpaired) electrons. The number of carbonyl (C=O) groups excluding carboxylic acids is 2. The fourth-order valence-corrected chi connectivity index (χ4v) is 2.92. The molecule has 0 fully saturated rings. The predicted molar refractivity (Wildman–Crippen MR) is 115 cm³/mol. The Kier molecular flexibility index (Phi) is 5.84. The number of benzene rings is 3. The lowest BCUT2D eigenvalue weighted by molar-refractivity contribution is 0.101. The Bertz CT molecular complexity index is 1200. The molecule has 0 aliphatic heterocycles. The van der Waals surface area contributed by atoms with Crippen LogP contribution in [0.15, 0.2) is 83.4 Å². The van der Waals surface area contributed by atoms with E-state index in [0.29, 0.717) is 34.3 Å². The number of aromatic nitrogens is 2. The second kappa shape index (κ2) is 9.04. The number of amides is 1. The molecule has 0 bridgehead atoms. The first kappa shape index (κ1) is 20.0. The fourth-order valence-electron chi connectivity index (χ4n) is 2.92. The molecular formula is C24H19N3O4. The maximum atomic E-state index is 12.7. The topological polar surface area (TPSA) is 94.3 Å². The molecule has 0 saturated carbocycles. The molecule has 4 aromatic rings. The molecule has 0 spiro atoms. The number of anilines is 1. The SMILES string of the molecule is CC(=O)c1ccc(NC(=O)c2ccccc2OCc2nc(-c3ccccc3)no2)cc1. The van der Waals surface area contributed by atoms with Gasteiger partial charge in [0.2, 0.25) is 5.82 Å². The zero-order valence-corrected chi connectivity index (χ0v) is 16.7. The van der Waals surface area contributed by atoms with E-state index in [2.05, 4.69) is 15.5 Å². The summed E-state index contributed by atoms with van der Waals surface area (Å²) in [5, 5.41) is 6.77. The third-order valence-corrected chi connectivity index (χ3v) is 4.53. The molecule has 0 aliphatic rings. The number of nitrogens with zero attached hydrogens (tertiary/aromatic N) is 2. The van der Waals surface area contributed by atoms with Crippen molar-refractivity contribution in [3.8, 4) is 17.1 Å². The molecule has 1 aromatic heterocycles. The second-order valence-electron chi connectivity index (χ2n) is 6.75. The van der Waals surface area contributed by atoms with Crippen LogP contribution in [0.1, 0.15) is 33.5 Å². The van der Waals surface area contributed by atoms with Gasteiger partial charge >= 0.3 is 0 Å². The van der Waals surface area contributed by atoms with Gasteiger partial charge in [0, 0.05) is 16.8 Å². The number of hydrogen-bond acceptors (Lipinski definition) is 6. The highest BCUT2D eigenvalue weighted by molar-refractivity contribution is 6.06. The number of ether oxygens (including phenoxy) is 1. The van der Waals surface area contributed by atoms with Crippen LogP contribution in [0.25, 0.3) is 11.4 Å². The fraction of sp³-hybridized carbons (Fsp3) is 0.0833. The van der Waals surface area contributed by atoms with Crippen molar-refractivity contribution in [1.29, 1.82) is 0 Å². The molecule has 0 saturated heterocycles. The van der Waals surface area contributed by atoms with Crippen LogP contribution in [-0.2, 0) is 6.61 Å². The summed E-state index contributed by atoms with van der Waals surface area (Å²) in [5.74, 6) is 0.794.